The lowest BCUT2D eigenvalue weighted by molar-refractivity contribution is 0.0365. The number of pyridine rings is 1. The van der Waals surface area contributed by atoms with Gasteiger partial charge in [0.1, 0.15) is 5.15 Å². The fourth-order valence-corrected chi connectivity index (χ4v) is 3.41. The van der Waals surface area contributed by atoms with E-state index >= 15 is 0 Å². The largest absolute Gasteiger partial charge is 0.362 e. The number of nitrogens with one attached hydrogen (secondary N) is 2. The van der Waals surface area contributed by atoms with Crippen molar-refractivity contribution in [1.29, 1.82) is 0 Å². The molecule has 0 aliphatic heterocycles. The minimum absolute atomic E-state index is 0.00294. The molecule has 2 N–H and O–H groups in total. The van der Waals surface area contributed by atoms with Crippen molar-refractivity contribution in [2.45, 2.75) is 20.8 Å². The molecule has 0 atom stereocenters. The molecule has 9 nitrogen and oxygen atoms in total. The van der Waals surface area contributed by atoms with Crippen molar-refractivity contribution in [3.8, 4) is 0 Å². The molecular weight excluding hydrogens is 420 g/mol. The molecule has 0 unspecified atom stereocenters. The number of hydroxylamine groups is 1. The first-order valence-corrected chi connectivity index (χ1v) is 10.5. The second kappa shape index (κ2) is 9.88. The molecule has 29 heavy (non-hydrogen) atoms. The highest BCUT2D eigenvalue weighted by molar-refractivity contribution is 7.88. The molecule has 2 rings (SSSR count). The Bertz CT molecular complexity index is 984. The van der Waals surface area contributed by atoms with Gasteiger partial charge in [-0.1, -0.05) is 17.7 Å². The predicted octanol–water partition coefficient (Wildman–Crippen LogP) is 3.19. The van der Waals surface area contributed by atoms with Crippen LogP contribution in [0.15, 0.2) is 30.5 Å². The number of benzene rings is 1. The van der Waals surface area contributed by atoms with Gasteiger partial charge in [0.05, 0.1) is 35.8 Å². The molecule has 1 aromatic heterocycles. The monoisotopic (exact) mass is 442 g/mol. The van der Waals surface area contributed by atoms with Gasteiger partial charge < -0.3 is 5.32 Å². The number of nitrogens with zero attached hydrogens (tertiary/aromatic N) is 2. The van der Waals surface area contributed by atoms with Gasteiger partial charge in [0.15, 0.2) is 0 Å². The average Bonchev–Trinajstić information content (AvgIpc) is 2.67. The van der Waals surface area contributed by atoms with Gasteiger partial charge in [0.2, 0.25) is 0 Å². The van der Waals surface area contributed by atoms with Gasteiger partial charge in [-0.3, -0.25) is 13.8 Å². The molecule has 0 fully saturated rings. The number of carbonyl (C=O) groups is 1. The molecule has 0 aliphatic rings. The van der Waals surface area contributed by atoms with Crippen LogP contribution in [0.5, 0.6) is 0 Å². The summed E-state index contributed by atoms with van der Waals surface area (Å²) in [5.74, 6) is -0.525. The molecule has 1 amide bonds. The van der Waals surface area contributed by atoms with Gasteiger partial charge in [-0.2, -0.15) is 8.42 Å². The van der Waals surface area contributed by atoms with E-state index in [-0.39, 0.29) is 23.9 Å². The molecule has 1 heterocycles. The Balaban J connectivity index is 2.48. The van der Waals surface area contributed by atoms with E-state index in [9.17, 15) is 13.2 Å². The minimum atomic E-state index is -3.99. The number of aromatic nitrogens is 1. The average molecular weight is 443 g/mol. The van der Waals surface area contributed by atoms with Crippen LogP contribution >= 0.6 is 11.6 Å². The summed E-state index contributed by atoms with van der Waals surface area (Å²) in [6.07, 6.45) is 1.30. The molecule has 11 heteroatoms. The minimum Gasteiger partial charge on any atom is -0.353 e. The zero-order valence-electron chi connectivity index (χ0n) is 16.5. The summed E-state index contributed by atoms with van der Waals surface area (Å²) < 4.78 is 30.6. The maximum atomic E-state index is 12.4. The van der Waals surface area contributed by atoms with E-state index in [1.165, 1.54) is 19.3 Å². The number of carbonyl (C=O) groups excluding carboxylic acids is 1. The van der Waals surface area contributed by atoms with Crippen molar-refractivity contribution in [3.05, 3.63) is 46.7 Å². The van der Waals surface area contributed by atoms with E-state index in [0.717, 1.165) is 9.87 Å². The van der Waals surface area contributed by atoms with Crippen molar-refractivity contribution in [1.82, 2.24) is 10.5 Å². The Morgan fingerprint density at radius 2 is 1.93 bits per heavy atom. The Kier molecular flexibility index (Phi) is 7.80. The fourth-order valence-electron chi connectivity index (χ4n) is 2.41. The number of halogens is 1. The van der Waals surface area contributed by atoms with Crippen LogP contribution in [0.3, 0.4) is 0 Å². The summed E-state index contributed by atoms with van der Waals surface area (Å²) in [5, 5.41) is 3.22. The van der Waals surface area contributed by atoms with E-state index in [2.05, 4.69) is 15.8 Å². The van der Waals surface area contributed by atoms with Crippen molar-refractivity contribution in [2.75, 3.05) is 29.9 Å². The van der Waals surface area contributed by atoms with Crippen molar-refractivity contribution < 1.29 is 22.2 Å². The van der Waals surface area contributed by atoms with Gasteiger partial charge in [-0.25, -0.2) is 14.8 Å². The quantitative estimate of drug-likeness (QED) is 0.453. The zero-order valence-corrected chi connectivity index (χ0v) is 18.1. The molecule has 0 radical (unpaired) electrons. The molecule has 0 aliphatic carbocycles. The molecule has 158 valence electrons. The van der Waals surface area contributed by atoms with Crippen LogP contribution in [0.1, 0.15) is 29.8 Å². The van der Waals surface area contributed by atoms with Gasteiger partial charge in [0.25, 0.3) is 5.91 Å². The lowest BCUT2D eigenvalue weighted by Crippen LogP contribution is -2.29. The summed E-state index contributed by atoms with van der Waals surface area (Å²) >= 11 is 5.99. The Labute approximate surface area is 175 Å². The van der Waals surface area contributed by atoms with E-state index in [4.69, 9.17) is 20.6 Å². The highest BCUT2D eigenvalue weighted by Gasteiger charge is 2.22. The van der Waals surface area contributed by atoms with Gasteiger partial charge in [-0.15, -0.1) is 0 Å². The van der Waals surface area contributed by atoms with Crippen molar-refractivity contribution >= 4 is 44.9 Å². The lowest BCUT2D eigenvalue weighted by Gasteiger charge is -2.23. The lowest BCUT2D eigenvalue weighted by atomic mass is 10.1. The fraction of sp³-hybridized carbons (Fsp3) is 0.333. The predicted molar refractivity (Wildman–Crippen MR) is 112 cm³/mol. The van der Waals surface area contributed by atoms with E-state index in [0.29, 0.717) is 17.1 Å². The standard InChI is InChI=1S/C18H23ClN4O5S/c1-5-27-22-18(24)13-11-20-17(19)10-15(13)21-14-8-7-12(3)9-16(14)23(4)29(25,26)28-6-2/h7-11H,5-6H2,1-4H3,(H,20,21)(H,22,24). The van der Waals surface area contributed by atoms with E-state index in [1.54, 1.807) is 32.0 Å². The van der Waals surface area contributed by atoms with Gasteiger partial charge in [-0.05, 0) is 44.5 Å². The maximum absolute atomic E-state index is 12.4. The number of amides is 1. The Morgan fingerprint density at radius 1 is 1.21 bits per heavy atom. The summed E-state index contributed by atoms with van der Waals surface area (Å²) in [5.41, 5.74) is 4.39. The second-order valence-corrected chi connectivity index (χ2v) is 7.92. The third kappa shape index (κ3) is 5.80. The van der Waals surface area contributed by atoms with E-state index < -0.39 is 16.2 Å². The zero-order chi connectivity index (χ0) is 21.6. The number of aryl methyl sites for hydroxylation is 1. The van der Waals surface area contributed by atoms with Gasteiger partial charge >= 0.3 is 10.3 Å². The number of anilines is 3. The summed E-state index contributed by atoms with van der Waals surface area (Å²) in [6.45, 7) is 5.44. The summed E-state index contributed by atoms with van der Waals surface area (Å²) in [7, 11) is -2.60. The number of hydrogen-bond acceptors (Lipinski definition) is 7. The van der Waals surface area contributed by atoms with Crippen LogP contribution in [-0.2, 0) is 19.3 Å². The summed E-state index contributed by atoms with van der Waals surface area (Å²) in [6, 6.07) is 6.64. The van der Waals surface area contributed by atoms with Crippen LogP contribution in [0.25, 0.3) is 0 Å². The highest BCUT2D eigenvalue weighted by Crippen LogP contribution is 2.33. The van der Waals surface area contributed by atoms with Crippen molar-refractivity contribution in [2.24, 2.45) is 0 Å². The SMILES string of the molecule is CCONC(=O)c1cnc(Cl)cc1Nc1ccc(C)cc1N(C)S(=O)(=O)OCC. The van der Waals surface area contributed by atoms with Crippen LogP contribution in [0.4, 0.5) is 17.1 Å². The van der Waals surface area contributed by atoms with Crippen LogP contribution in [-0.4, -0.2) is 39.6 Å². The number of hydrogen-bond donors (Lipinski definition) is 2. The Morgan fingerprint density at radius 3 is 2.59 bits per heavy atom. The molecule has 0 saturated heterocycles. The topological polar surface area (TPSA) is 110 Å². The first-order chi connectivity index (χ1) is 13.7. The molecule has 0 spiro atoms. The smallest absolute Gasteiger partial charge is 0.353 e. The van der Waals surface area contributed by atoms with Crippen LogP contribution in [0.2, 0.25) is 5.15 Å². The van der Waals surface area contributed by atoms with Crippen molar-refractivity contribution in [3.63, 3.8) is 0 Å². The Hall–Kier alpha value is -2.40. The third-order valence-electron chi connectivity index (χ3n) is 3.79. The second-order valence-electron chi connectivity index (χ2n) is 5.89. The first kappa shape index (κ1) is 22.9. The molecular formula is C18H23ClN4O5S. The highest BCUT2D eigenvalue weighted by atomic mass is 35.5. The maximum Gasteiger partial charge on any atom is 0.362 e. The molecule has 2 aromatic rings. The first-order valence-electron chi connectivity index (χ1n) is 8.78. The van der Waals surface area contributed by atoms with Crippen LogP contribution < -0.4 is 15.1 Å². The summed E-state index contributed by atoms with van der Waals surface area (Å²) in [4.78, 5) is 21.2. The normalized spacial score (nSPS) is 11.2. The molecule has 1 aromatic carbocycles. The number of rotatable bonds is 9. The molecule has 0 bridgehead atoms. The molecule has 0 saturated carbocycles. The third-order valence-corrected chi connectivity index (χ3v) is 5.40. The van der Waals surface area contributed by atoms with E-state index in [1.807, 2.05) is 6.92 Å². The van der Waals surface area contributed by atoms with Crippen LogP contribution in [0, 0.1) is 6.92 Å². The van der Waals surface area contributed by atoms with Gasteiger partial charge in [0, 0.05) is 13.2 Å².